The minimum absolute atomic E-state index is 0.115. The SMILES string of the molecule is CCCNC(=O)CNC(=O)N1CCOCC1CC(=O)O. The molecule has 0 saturated carbocycles. The van der Waals surface area contributed by atoms with Gasteiger partial charge < -0.3 is 25.4 Å². The van der Waals surface area contributed by atoms with Gasteiger partial charge in [0.1, 0.15) is 0 Å². The average Bonchev–Trinajstić information content (AvgIpc) is 2.42. The molecular formula is C12H21N3O5. The third-order valence-electron chi connectivity index (χ3n) is 2.87. The number of nitrogens with one attached hydrogen (secondary N) is 2. The van der Waals surface area contributed by atoms with Crippen LogP contribution in [0.5, 0.6) is 0 Å². The summed E-state index contributed by atoms with van der Waals surface area (Å²) >= 11 is 0. The first-order chi connectivity index (χ1) is 9.54. The van der Waals surface area contributed by atoms with Crippen LogP contribution in [0.2, 0.25) is 0 Å². The molecule has 1 aliphatic heterocycles. The maximum atomic E-state index is 12.0. The highest BCUT2D eigenvalue weighted by Crippen LogP contribution is 2.10. The molecule has 114 valence electrons. The fourth-order valence-electron chi connectivity index (χ4n) is 1.88. The summed E-state index contributed by atoms with van der Waals surface area (Å²) in [6.07, 6.45) is 0.652. The van der Waals surface area contributed by atoms with Crippen LogP contribution in [0.15, 0.2) is 0 Å². The number of morpholine rings is 1. The number of carbonyl (C=O) groups is 3. The quantitative estimate of drug-likeness (QED) is 0.604. The average molecular weight is 287 g/mol. The summed E-state index contributed by atoms with van der Waals surface area (Å²) < 4.78 is 5.18. The van der Waals surface area contributed by atoms with Gasteiger partial charge in [0, 0.05) is 13.1 Å². The lowest BCUT2D eigenvalue weighted by molar-refractivity contribution is -0.139. The highest BCUT2D eigenvalue weighted by atomic mass is 16.5. The Balaban J connectivity index is 2.42. The van der Waals surface area contributed by atoms with Gasteiger partial charge in [0.15, 0.2) is 0 Å². The first-order valence-electron chi connectivity index (χ1n) is 6.65. The standard InChI is InChI=1S/C12H21N3O5/c1-2-3-13-10(16)7-14-12(19)15-4-5-20-8-9(15)6-11(17)18/h9H,2-8H2,1H3,(H,13,16)(H,14,19)(H,17,18). The van der Waals surface area contributed by atoms with Crippen LogP contribution in [-0.4, -0.2) is 66.8 Å². The van der Waals surface area contributed by atoms with Gasteiger partial charge in [-0.05, 0) is 6.42 Å². The van der Waals surface area contributed by atoms with Crippen molar-refractivity contribution in [2.45, 2.75) is 25.8 Å². The number of ether oxygens (including phenoxy) is 1. The van der Waals surface area contributed by atoms with Gasteiger partial charge in [0.2, 0.25) is 5.91 Å². The first-order valence-corrected chi connectivity index (χ1v) is 6.65. The van der Waals surface area contributed by atoms with E-state index in [2.05, 4.69) is 10.6 Å². The maximum absolute atomic E-state index is 12.0. The molecule has 20 heavy (non-hydrogen) atoms. The number of urea groups is 1. The van der Waals surface area contributed by atoms with Gasteiger partial charge in [-0.3, -0.25) is 9.59 Å². The molecule has 0 aromatic carbocycles. The number of aliphatic carboxylic acids is 1. The molecule has 1 atom stereocenters. The molecule has 1 aliphatic rings. The number of carbonyl (C=O) groups excluding carboxylic acids is 2. The van der Waals surface area contributed by atoms with Gasteiger partial charge in [-0.15, -0.1) is 0 Å². The zero-order valence-electron chi connectivity index (χ0n) is 11.6. The third-order valence-corrected chi connectivity index (χ3v) is 2.87. The van der Waals surface area contributed by atoms with Gasteiger partial charge in [0.05, 0.1) is 32.2 Å². The van der Waals surface area contributed by atoms with Crippen molar-refractivity contribution in [3.63, 3.8) is 0 Å². The van der Waals surface area contributed by atoms with Crippen LogP contribution < -0.4 is 10.6 Å². The summed E-state index contributed by atoms with van der Waals surface area (Å²) in [7, 11) is 0. The molecule has 3 amide bonds. The Morgan fingerprint density at radius 1 is 1.35 bits per heavy atom. The summed E-state index contributed by atoms with van der Waals surface area (Å²) in [5.74, 6) is -1.25. The Morgan fingerprint density at radius 2 is 2.10 bits per heavy atom. The van der Waals surface area contributed by atoms with E-state index >= 15 is 0 Å². The molecular weight excluding hydrogens is 266 g/mol. The first kappa shape index (κ1) is 16.2. The smallest absolute Gasteiger partial charge is 0.318 e. The Bertz CT molecular complexity index is 361. The van der Waals surface area contributed by atoms with E-state index in [-0.39, 0.29) is 25.5 Å². The molecule has 1 unspecified atom stereocenters. The molecule has 0 aromatic heterocycles. The number of amides is 3. The van der Waals surface area contributed by atoms with Gasteiger partial charge in [0.25, 0.3) is 0 Å². The number of hydrogen-bond acceptors (Lipinski definition) is 4. The molecule has 0 radical (unpaired) electrons. The normalized spacial score (nSPS) is 18.4. The molecule has 1 fully saturated rings. The lowest BCUT2D eigenvalue weighted by Gasteiger charge is -2.34. The monoisotopic (exact) mass is 287 g/mol. The van der Waals surface area contributed by atoms with Crippen molar-refractivity contribution in [3.05, 3.63) is 0 Å². The van der Waals surface area contributed by atoms with Crippen molar-refractivity contribution in [3.8, 4) is 0 Å². The molecule has 0 bridgehead atoms. The van der Waals surface area contributed by atoms with Gasteiger partial charge in [-0.2, -0.15) is 0 Å². The minimum Gasteiger partial charge on any atom is -0.481 e. The number of carboxylic acid groups (broad SMARTS) is 1. The van der Waals surface area contributed by atoms with Crippen LogP contribution in [0.4, 0.5) is 4.79 Å². The Morgan fingerprint density at radius 3 is 2.75 bits per heavy atom. The fraction of sp³-hybridized carbons (Fsp3) is 0.750. The topological polar surface area (TPSA) is 108 Å². The highest BCUT2D eigenvalue weighted by Gasteiger charge is 2.29. The molecule has 8 nitrogen and oxygen atoms in total. The van der Waals surface area contributed by atoms with E-state index in [9.17, 15) is 14.4 Å². The molecule has 1 saturated heterocycles. The number of hydrogen-bond donors (Lipinski definition) is 3. The largest absolute Gasteiger partial charge is 0.481 e. The second kappa shape index (κ2) is 8.36. The Labute approximate surface area is 117 Å². The van der Waals surface area contributed by atoms with E-state index in [1.165, 1.54) is 4.90 Å². The zero-order valence-corrected chi connectivity index (χ0v) is 11.6. The van der Waals surface area contributed by atoms with Crippen molar-refractivity contribution >= 4 is 17.9 Å². The van der Waals surface area contributed by atoms with Gasteiger partial charge in [-0.25, -0.2) is 4.79 Å². The number of carboxylic acids is 1. The van der Waals surface area contributed by atoms with Crippen LogP contribution in [0.25, 0.3) is 0 Å². The summed E-state index contributed by atoms with van der Waals surface area (Å²) in [6, 6.07) is -0.939. The maximum Gasteiger partial charge on any atom is 0.318 e. The summed E-state index contributed by atoms with van der Waals surface area (Å²) in [4.78, 5) is 35.5. The Kier molecular flexibility index (Phi) is 6.78. The molecule has 1 heterocycles. The molecule has 0 spiro atoms. The van der Waals surface area contributed by atoms with Crippen molar-refractivity contribution in [1.82, 2.24) is 15.5 Å². The van der Waals surface area contributed by atoms with Gasteiger partial charge >= 0.3 is 12.0 Å². The van der Waals surface area contributed by atoms with E-state index in [0.29, 0.717) is 19.7 Å². The molecule has 0 aromatic rings. The highest BCUT2D eigenvalue weighted by molar-refractivity contribution is 5.84. The zero-order chi connectivity index (χ0) is 15.0. The summed E-state index contributed by atoms with van der Waals surface area (Å²) in [6.45, 7) is 3.26. The van der Waals surface area contributed by atoms with E-state index in [0.717, 1.165) is 6.42 Å². The molecule has 1 rings (SSSR count). The predicted molar refractivity (Wildman–Crippen MR) is 70.3 cm³/mol. The predicted octanol–water partition coefficient (Wildman–Crippen LogP) is -0.602. The minimum atomic E-state index is -0.987. The number of rotatable bonds is 6. The van der Waals surface area contributed by atoms with Crippen molar-refractivity contribution in [1.29, 1.82) is 0 Å². The second-order valence-corrected chi connectivity index (χ2v) is 4.53. The van der Waals surface area contributed by atoms with E-state index in [1.807, 2.05) is 6.92 Å². The van der Waals surface area contributed by atoms with Gasteiger partial charge in [-0.1, -0.05) is 6.92 Å². The van der Waals surface area contributed by atoms with Crippen molar-refractivity contribution in [2.75, 3.05) is 32.8 Å². The van der Waals surface area contributed by atoms with Crippen LogP contribution in [0.1, 0.15) is 19.8 Å². The lowest BCUT2D eigenvalue weighted by atomic mass is 10.1. The fourth-order valence-corrected chi connectivity index (χ4v) is 1.88. The van der Waals surface area contributed by atoms with E-state index in [4.69, 9.17) is 9.84 Å². The van der Waals surface area contributed by atoms with Crippen LogP contribution in [0, 0.1) is 0 Å². The summed E-state index contributed by atoms with van der Waals surface area (Å²) in [5.41, 5.74) is 0. The van der Waals surface area contributed by atoms with Crippen LogP contribution in [-0.2, 0) is 14.3 Å². The second-order valence-electron chi connectivity index (χ2n) is 4.53. The molecule has 0 aliphatic carbocycles. The van der Waals surface area contributed by atoms with Crippen molar-refractivity contribution < 1.29 is 24.2 Å². The molecule has 3 N–H and O–H groups in total. The third kappa shape index (κ3) is 5.43. The number of nitrogens with zero attached hydrogens (tertiary/aromatic N) is 1. The van der Waals surface area contributed by atoms with Crippen molar-refractivity contribution in [2.24, 2.45) is 0 Å². The summed E-state index contributed by atoms with van der Waals surface area (Å²) in [5, 5.41) is 13.9. The Hall–Kier alpha value is -1.83. The molecule has 8 heteroatoms. The van der Waals surface area contributed by atoms with Crippen LogP contribution in [0.3, 0.4) is 0 Å². The van der Waals surface area contributed by atoms with Crippen LogP contribution >= 0.6 is 0 Å². The lowest BCUT2D eigenvalue weighted by Crippen LogP contribution is -2.54. The van der Waals surface area contributed by atoms with E-state index < -0.39 is 18.0 Å². The van der Waals surface area contributed by atoms with E-state index in [1.54, 1.807) is 0 Å².